The Hall–Kier alpha value is -1.06. The molecule has 3 rings (SSSR count). The second kappa shape index (κ2) is 8.35. The molecular weight excluding hydrogens is 440 g/mol. The van der Waals surface area contributed by atoms with Crippen molar-refractivity contribution in [3.05, 3.63) is 12.5 Å². The first-order valence-corrected chi connectivity index (χ1v) is 7.69. The maximum atomic E-state index is 12.5. The lowest BCUT2D eigenvalue weighted by atomic mass is 9.73. The highest BCUT2D eigenvalue weighted by molar-refractivity contribution is 8.93. The first kappa shape index (κ1) is 21.0. The fraction of sp³-hybridized carbons (Fsp3) is 0.600. The molecule has 0 aliphatic heterocycles. The Morgan fingerprint density at radius 2 is 1.92 bits per heavy atom. The monoisotopic (exact) mass is 462 g/mol. The average Bonchev–Trinajstić information content (AvgIpc) is 2.96. The standard InChI is InChI=1S/C15H22N6O.2BrH/c1-15(2,16)10-5-3-9(4-6-10)14(22)20-12-11-7-19-21-13(11)18-8-17-12;;/h7-10H,3-6,16H2,1-2H3,(H2,17,18,19,20,21,22);2*1H/t9-,10-;;. The first-order valence-electron chi connectivity index (χ1n) is 7.69. The van der Waals surface area contributed by atoms with Crippen molar-refractivity contribution in [3.8, 4) is 0 Å². The SMILES string of the molecule is Br.Br.CC(C)(N)[C@H]1CC[C@H](C(=O)Nc2ncnc3[nH]ncc23)CC1. The molecule has 0 unspecified atom stereocenters. The minimum Gasteiger partial charge on any atom is -0.325 e. The number of carbonyl (C=O) groups is 1. The van der Waals surface area contributed by atoms with Crippen molar-refractivity contribution >= 4 is 56.7 Å². The average molecular weight is 464 g/mol. The molecule has 2 aromatic heterocycles. The van der Waals surface area contributed by atoms with Crippen LogP contribution >= 0.6 is 34.0 Å². The summed E-state index contributed by atoms with van der Waals surface area (Å²) in [4.78, 5) is 20.7. The van der Waals surface area contributed by atoms with Crippen molar-refractivity contribution in [3.63, 3.8) is 0 Å². The minimum atomic E-state index is -0.170. The highest BCUT2D eigenvalue weighted by Gasteiger charge is 2.32. The van der Waals surface area contributed by atoms with Crippen LogP contribution < -0.4 is 11.1 Å². The van der Waals surface area contributed by atoms with Gasteiger partial charge in [-0.1, -0.05) is 0 Å². The van der Waals surface area contributed by atoms with Gasteiger partial charge in [0, 0.05) is 11.5 Å². The fourth-order valence-electron chi connectivity index (χ4n) is 3.18. The molecule has 0 aromatic carbocycles. The summed E-state index contributed by atoms with van der Waals surface area (Å²) >= 11 is 0. The highest BCUT2D eigenvalue weighted by Crippen LogP contribution is 2.34. The first-order chi connectivity index (χ1) is 10.4. The second-order valence-corrected chi connectivity index (χ2v) is 6.71. The molecule has 2 aromatic rings. The second-order valence-electron chi connectivity index (χ2n) is 6.71. The molecule has 134 valence electrons. The van der Waals surface area contributed by atoms with E-state index in [1.54, 1.807) is 6.20 Å². The van der Waals surface area contributed by atoms with Crippen LogP contribution in [-0.2, 0) is 4.79 Å². The van der Waals surface area contributed by atoms with Crippen molar-refractivity contribution in [2.45, 2.75) is 45.1 Å². The van der Waals surface area contributed by atoms with E-state index in [1.807, 2.05) is 0 Å². The molecule has 1 aliphatic rings. The van der Waals surface area contributed by atoms with E-state index < -0.39 is 0 Å². The van der Waals surface area contributed by atoms with Gasteiger partial charge in [-0.3, -0.25) is 9.89 Å². The molecule has 1 aliphatic carbocycles. The molecule has 0 spiro atoms. The number of aromatic nitrogens is 4. The fourth-order valence-corrected chi connectivity index (χ4v) is 3.18. The summed E-state index contributed by atoms with van der Waals surface area (Å²) in [7, 11) is 0. The number of halogens is 2. The molecular formula is C15H24Br2N6O. The van der Waals surface area contributed by atoms with E-state index in [4.69, 9.17) is 5.73 Å². The van der Waals surface area contributed by atoms with Crippen LogP contribution in [0.25, 0.3) is 11.0 Å². The summed E-state index contributed by atoms with van der Waals surface area (Å²) in [6.45, 7) is 4.13. The molecule has 0 bridgehead atoms. The van der Waals surface area contributed by atoms with Crippen molar-refractivity contribution in [2.24, 2.45) is 17.6 Å². The number of hydrogen-bond donors (Lipinski definition) is 3. The zero-order valence-electron chi connectivity index (χ0n) is 13.8. The number of hydrogen-bond acceptors (Lipinski definition) is 5. The molecule has 24 heavy (non-hydrogen) atoms. The van der Waals surface area contributed by atoms with E-state index in [9.17, 15) is 4.79 Å². The molecule has 0 saturated heterocycles. The van der Waals surface area contributed by atoms with Crippen molar-refractivity contribution in [1.29, 1.82) is 0 Å². The Balaban J connectivity index is 0.00000144. The number of aromatic amines is 1. The Morgan fingerprint density at radius 3 is 2.54 bits per heavy atom. The van der Waals surface area contributed by atoms with Crippen LogP contribution in [0.4, 0.5) is 5.82 Å². The molecule has 2 heterocycles. The number of nitrogens with zero attached hydrogens (tertiary/aromatic N) is 3. The number of amides is 1. The van der Waals surface area contributed by atoms with Crippen LogP contribution in [0.5, 0.6) is 0 Å². The molecule has 9 heteroatoms. The van der Waals surface area contributed by atoms with Gasteiger partial charge in [-0.15, -0.1) is 34.0 Å². The van der Waals surface area contributed by atoms with Gasteiger partial charge in [0.15, 0.2) is 5.65 Å². The third kappa shape index (κ3) is 4.52. The summed E-state index contributed by atoms with van der Waals surface area (Å²) in [5.41, 5.74) is 6.63. The van der Waals surface area contributed by atoms with Crippen molar-refractivity contribution in [1.82, 2.24) is 20.2 Å². The summed E-state index contributed by atoms with van der Waals surface area (Å²) in [5, 5.41) is 10.3. The molecule has 0 atom stereocenters. The van der Waals surface area contributed by atoms with Gasteiger partial charge in [-0.05, 0) is 45.4 Å². The number of nitrogens with two attached hydrogens (primary N) is 1. The Bertz CT molecular complexity index is 676. The Labute approximate surface area is 162 Å². The Kier molecular flexibility index (Phi) is 7.30. The van der Waals surface area contributed by atoms with Gasteiger partial charge < -0.3 is 11.1 Å². The zero-order chi connectivity index (χ0) is 15.7. The van der Waals surface area contributed by atoms with Gasteiger partial charge in [0.05, 0.1) is 11.6 Å². The largest absolute Gasteiger partial charge is 0.325 e. The lowest BCUT2D eigenvalue weighted by Crippen LogP contribution is -2.43. The van der Waals surface area contributed by atoms with Gasteiger partial charge in [-0.25, -0.2) is 9.97 Å². The lowest BCUT2D eigenvalue weighted by molar-refractivity contribution is -0.121. The van der Waals surface area contributed by atoms with Gasteiger partial charge in [0.2, 0.25) is 5.91 Å². The van der Waals surface area contributed by atoms with Crippen LogP contribution in [0.1, 0.15) is 39.5 Å². The lowest BCUT2D eigenvalue weighted by Gasteiger charge is -2.36. The van der Waals surface area contributed by atoms with E-state index in [0.29, 0.717) is 17.4 Å². The summed E-state index contributed by atoms with van der Waals surface area (Å²) in [5.74, 6) is 1.05. The van der Waals surface area contributed by atoms with Crippen LogP contribution in [-0.4, -0.2) is 31.6 Å². The zero-order valence-corrected chi connectivity index (χ0v) is 17.2. The van der Waals surface area contributed by atoms with Gasteiger partial charge in [0.1, 0.15) is 12.1 Å². The summed E-state index contributed by atoms with van der Waals surface area (Å²) in [6.07, 6.45) is 6.77. The van der Waals surface area contributed by atoms with Crippen LogP contribution in [0.2, 0.25) is 0 Å². The number of anilines is 1. The van der Waals surface area contributed by atoms with Crippen LogP contribution in [0.3, 0.4) is 0 Å². The quantitative estimate of drug-likeness (QED) is 0.648. The number of carbonyl (C=O) groups excluding carboxylic acids is 1. The molecule has 1 fully saturated rings. The van der Waals surface area contributed by atoms with E-state index in [2.05, 4.69) is 39.3 Å². The van der Waals surface area contributed by atoms with Gasteiger partial charge in [0.25, 0.3) is 0 Å². The molecule has 7 nitrogen and oxygen atoms in total. The van der Waals surface area contributed by atoms with E-state index >= 15 is 0 Å². The normalized spacial score (nSPS) is 20.8. The number of rotatable bonds is 3. The topological polar surface area (TPSA) is 110 Å². The van der Waals surface area contributed by atoms with Crippen LogP contribution in [0.15, 0.2) is 12.5 Å². The third-order valence-corrected chi connectivity index (χ3v) is 4.64. The number of fused-ring (bicyclic) bond motifs is 1. The summed E-state index contributed by atoms with van der Waals surface area (Å²) in [6, 6.07) is 0. The van der Waals surface area contributed by atoms with E-state index in [0.717, 1.165) is 31.1 Å². The predicted molar refractivity (Wildman–Crippen MR) is 105 cm³/mol. The number of H-pyrrole nitrogens is 1. The van der Waals surface area contributed by atoms with E-state index in [1.165, 1.54) is 6.33 Å². The molecule has 1 amide bonds. The summed E-state index contributed by atoms with van der Waals surface area (Å²) < 4.78 is 0. The smallest absolute Gasteiger partial charge is 0.228 e. The van der Waals surface area contributed by atoms with Crippen LogP contribution in [0, 0.1) is 11.8 Å². The van der Waals surface area contributed by atoms with Gasteiger partial charge >= 0.3 is 0 Å². The van der Waals surface area contributed by atoms with Crippen molar-refractivity contribution in [2.75, 3.05) is 5.32 Å². The molecule has 0 radical (unpaired) electrons. The number of nitrogens with one attached hydrogen (secondary N) is 2. The van der Waals surface area contributed by atoms with Gasteiger partial charge in [-0.2, -0.15) is 5.10 Å². The van der Waals surface area contributed by atoms with E-state index in [-0.39, 0.29) is 51.3 Å². The minimum absolute atomic E-state index is 0. The maximum Gasteiger partial charge on any atom is 0.228 e. The molecule has 1 saturated carbocycles. The highest BCUT2D eigenvalue weighted by atomic mass is 79.9. The predicted octanol–water partition coefficient (Wildman–Crippen LogP) is 2.99. The maximum absolute atomic E-state index is 12.5. The van der Waals surface area contributed by atoms with Crippen molar-refractivity contribution < 1.29 is 4.79 Å². The third-order valence-electron chi connectivity index (χ3n) is 4.64. The molecule has 4 N–H and O–H groups in total. The Morgan fingerprint density at radius 1 is 1.25 bits per heavy atom.